The minimum absolute atomic E-state index is 0.592. The first-order valence-corrected chi connectivity index (χ1v) is 4.76. The van der Waals surface area contributed by atoms with Crippen molar-refractivity contribution in [2.75, 3.05) is 13.2 Å². The smallest absolute Gasteiger partial charge is 0.192 e. The highest BCUT2D eigenvalue weighted by Gasteiger charge is 2.34. The molecular formula is C12H14O2. The van der Waals surface area contributed by atoms with Crippen LogP contribution in [-0.4, -0.2) is 13.2 Å². The Balaban J connectivity index is 2.43. The summed E-state index contributed by atoms with van der Waals surface area (Å²) in [5.74, 6) is -0.592. The monoisotopic (exact) mass is 190 g/mol. The van der Waals surface area contributed by atoms with Crippen LogP contribution in [0.5, 0.6) is 0 Å². The molecule has 0 amide bonds. The van der Waals surface area contributed by atoms with Gasteiger partial charge in [0.2, 0.25) is 0 Å². The first-order valence-electron chi connectivity index (χ1n) is 4.76. The molecule has 1 fully saturated rings. The molecule has 2 heteroatoms. The first-order chi connectivity index (χ1) is 6.76. The highest BCUT2D eigenvalue weighted by molar-refractivity contribution is 5.53. The molecule has 0 spiro atoms. The molecule has 0 N–H and O–H groups in total. The van der Waals surface area contributed by atoms with Crippen molar-refractivity contribution < 1.29 is 9.47 Å². The fourth-order valence-electron chi connectivity index (χ4n) is 1.76. The molecule has 1 saturated heterocycles. The summed E-state index contributed by atoms with van der Waals surface area (Å²) in [7, 11) is 0. The summed E-state index contributed by atoms with van der Waals surface area (Å²) in [4.78, 5) is 0. The van der Waals surface area contributed by atoms with E-state index in [-0.39, 0.29) is 0 Å². The van der Waals surface area contributed by atoms with Gasteiger partial charge in [-0.1, -0.05) is 36.9 Å². The molecule has 0 saturated carbocycles. The Morgan fingerprint density at radius 2 is 1.93 bits per heavy atom. The van der Waals surface area contributed by atoms with Crippen LogP contribution in [0.2, 0.25) is 0 Å². The summed E-state index contributed by atoms with van der Waals surface area (Å²) in [5, 5.41) is 0. The van der Waals surface area contributed by atoms with Crippen LogP contribution >= 0.6 is 0 Å². The minimum Gasteiger partial charge on any atom is -0.344 e. The van der Waals surface area contributed by atoms with Gasteiger partial charge in [0, 0.05) is 5.56 Å². The maximum Gasteiger partial charge on any atom is 0.192 e. The maximum absolute atomic E-state index is 5.60. The zero-order valence-electron chi connectivity index (χ0n) is 8.32. The highest BCUT2D eigenvalue weighted by atomic mass is 16.7. The van der Waals surface area contributed by atoms with Crippen molar-refractivity contribution in [2.24, 2.45) is 0 Å². The molecule has 0 unspecified atom stereocenters. The van der Waals surface area contributed by atoms with Crippen LogP contribution in [0.25, 0.3) is 6.08 Å². The van der Waals surface area contributed by atoms with Crippen molar-refractivity contribution in [3.8, 4) is 0 Å². The van der Waals surface area contributed by atoms with E-state index in [4.69, 9.17) is 9.47 Å². The number of rotatable bonds is 2. The van der Waals surface area contributed by atoms with E-state index in [1.54, 1.807) is 0 Å². The second-order valence-corrected chi connectivity index (χ2v) is 3.43. The van der Waals surface area contributed by atoms with Crippen LogP contribution in [0.15, 0.2) is 30.8 Å². The molecule has 74 valence electrons. The fourth-order valence-corrected chi connectivity index (χ4v) is 1.76. The van der Waals surface area contributed by atoms with Crippen LogP contribution in [0.3, 0.4) is 0 Å². The Labute approximate surface area is 84.2 Å². The molecule has 14 heavy (non-hydrogen) atoms. The van der Waals surface area contributed by atoms with Crippen molar-refractivity contribution >= 4 is 6.08 Å². The Bertz CT molecular complexity index is 338. The molecule has 0 bridgehead atoms. The van der Waals surface area contributed by atoms with Crippen molar-refractivity contribution in [1.82, 2.24) is 0 Å². The standard InChI is InChI=1S/C12H14O2/c1-3-10-6-4-5-7-11(10)12(2)13-8-9-14-12/h3-7H,1,8-9H2,2H3. The molecule has 1 aliphatic rings. The molecule has 0 radical (unpaired) electrons. The van der Waals surface area contributed by atoms with Crippen molar-refractivity contribution in [2.45, 2.75) is 12.7 Å². The topological polar surface area (TPSA) is 18.5 Å². The second-order valence-electron chi connectivity index (χ2n) is 3.43. The molecule has 1 aromatic carbocycles. The van der Waals surface area contributed by atoms with E-state index in [0.29, 0.717) is 13.2 Å². The normalized spacial score (nSPS) is 19.5. The summed E-state index contributed by atoms with van der Waals surface area (Å²) in [6, 6.07) is 8.00. The molecule has 0 aromatic heterocycles. The number of hydrogen-bond acceptors (Lipinski definition) is 2. The Kier molecular flexibility index (Phi) is 2.40. The lowest BCUT2D eigenvalue weighted by atomic mass is 10.0. The van der Waals surface area contributed by atoms with Crippen LogP contribution in [0, 0.1) is 0 Å². The number of ether oxygens (including phenoxy) is 2. The van der Waals surface area contributed by atoms with Crippen LogP contribution < -0.4 is 0 Å². The molecule has 1 heterocycles. The van der Waals surface area contributed by atoms with E-state index in [0.717, 1.165) is 11.1 Å². The average molecular weight is 190 g/mol. The van der Waals surface area contributed by atoms with Crippen molar-refractivity contribution in [3.05, 3.63) is 42.0 Å². The van der Waals surface area contributed by atoms with Gasteiger partial charge >= 0.3 is 0 Å². The summed E-state index contributed by atoms with van der Waals surface area (Å²) in [6.07, 6.45) is 1.83. The number of benzene rings is 1. The summed E-state index contributed by atoms with van der Waals surface area (Å²) in [5.41, 5.74) is 2.12. The van der Waals surface area contributed by atoms with Crippen LogP contribution in [0.1, 0.15) is 18.1 Å². The van der Waals surface area contributed by atoms with Gasteiger partial charge in [-0.2, -0.15) is 0 Å². The Morgan fingerprint density at radius 3 is 2.57 bits per heavy atom. The molecule has 1 aliphatic heterocycles. The van der Waals surface area contributed by atoms with Crippen LogP contribution in [-0.2, 0) is 15.3 Å². The van der Waals surface area contributed by atoms with E-state index in [2.05, 4.69) is 6.58 Å². The predicted octanol–water partition coefficient (Wildman–Crippen LogP) is 2.55. The van der Waals surface area contributed by atoms with Gasteiger partial charge < -0.3 is 9.47 Å². The third-order valence-electron chi connectivity index (χ3n) is 2.51. The van der Waals surface area contributed by atoms with E-state index in [1.165, 1.54) is 0 Å². The van der Waals surface area contributed by atoms with Gasteiger partial charge in [-0.3, -0.25) is 0 Å². The Hall–Kier alpha value is -1.12. The average Bonchev–Trinajstić information content (AvgIpc) is 2.66. The fraction of sp³-hybridized carbons (Fsp3) is 0.333. The van der Waals surface area contributed by atoms with E-state index < -0.39 is 5.79 Å². The lowest BCUT2D eigenvalue weighted by Crippen LogP contribution is -2.23. The zero-order valence-corrected chi connectivity index (χ0v) is 8.32. The minimum atomic E-state index is -0.592. The third-order valence-corrected chi connectivity index (χ3v) is 2.51. The maximum atomic E-state index is 5.60. The highest BCUT2D eigenvalue weighted by Crippen LogP contribution is 2.33. The van der Waals surface area contributed by atoms with E-state index in [9.17, 15) is 0 Å². The Morgan fingerprint density at radius 1 is 1.29 bits per heavy atom. The van der Waals surface area contributed by atoms with Crippen molar-refractivity contribution in [3.63, 3.8) is 0 Å². The summed E-state index contributed by atoms with van der Waals surface area (Å²) < 4.78 is 11.2. The molecule has 0 atom stereocenters. The van der Waals surface area contributed by atoms with Gasteiger partial charge in [-0.05, 0) is 12.5 Å². The van der Waals surface area contributed by atoms with Crippen molar-refractivity contribution in [1.29, 1.82) is 0 Å². The quantitative estimate of drug-likeness (QED) is 0.713. The second kappa shape index (κ2) is 3.56. The van der Waals surface area contributed by atoms with Gasteiger partial charge in [0.15, 0.2) is 5.79 Å². The van der Waals surface area contributed by atoms with Gasteiger partial charge in [-0.25, -0.2) is 0 Å². The zero-order chi connectivity index (χ0) is 10.0. The van der Waals surface area contributed by atoms with Gasteiger partial charge in [0.05, 0.1) is 13.2 Å². The predicted molar refractivity (Wildman–Crippen MR) is 55.8 cm³/mol. The molecule has 0 aliphatic carbocycles. The first kappa shape index (κ1) is 9.44. The third kappa shape index (κ3) is 1.47. The lowest BCUT2D eigenvalue weighted by molar-refractivity contribution is -0.149. The number of hydrogen-bond donors (Lipinski definition) is 0. The van der Waals surface area contributed by atoms with Gasteiger partial charge in [0.25, 0.3) is 0 Å². The van der Waals surface area contributed by atoms with E-state index >= 15 is 0 Å². The summed E-state index contributed by atoms with van der Waals surface area (Å²) in [6.45, 7) is 7.04. The largest absolute Gasteiger partial charge is 0.344 e. The molecule has 1 aromatic rings. The molecular weight excluding hydrogens is 176 g/mol. The van der Waals surface area contributed by atoms with E-state index in [1.807, 2.05) is 37.3 Å². The summed E-state index contributed by atoms with van der Waals surface area (Å²) >= 11 is 0. The molecule has 2 nitrogen and oxygen atoms in total. The van der Waals surface area contributed by atoms with Crippen LogP contribution in [0.4, 0.5) is 0 Å². The SMILES string of the molecule is C=Cc1ccccc1C1(C)OCCO1. The van der Waals surface area contributed by atoms with Gasteiger partial charge in [0.1, 0.15) is 0 Å². The lowest BCUT2D eigenvalue weighted by Gasteiger charge is -2.24. The van der Waals surface area contributed by atoms with Gasteiger partial charge in [-0.15, -0.1) is 0 Å². The molecule has 2 rings (SSSR count).